The van der Waals surface area contributed by atoms with Crippen LogP contribution in [0.3, 0.4) is 0 Å². The Labute approximate surface area is 95.1 Å². The van der Waals surface area contributed by atoms with Crippen molar-refractivity contribution in [1.29, 1.82) is 0 Å². The number of rotatable bonds is 2. The highest BCUT2D eigenvalue weighted by molar-refractivity contribution is 5.82. The Hall–Kier alpha value is -1.38. The molecule has 0 bridgehead atoms. The zero-order chi connectivity index (χ0) is 12.6. The lowest BCUT2D eigenvalue weighted by atomic mass is 9.64. The van der Waals surface area contributed by atoms with E-state index < -0.39 is 16.8 Å². The molecule has 88 valence electrons. The molecule has 3 heteroatoms. The molecule has 1 rings (SSSR count). The first-order chi connectivity index (χ1) is 7.19. The SMILES string of the molecule is CC(C)(C)[C@](C)(C(=O)O)c1ccc(F)cc1. The zero-order valence-corrected chi connectivity index (χ0v) is 10.0. The Morgan fingerprint density at radius 2 is 1.56 bits per heavy atom. The van der Waals surface area contributed by atoms with Crippen LogP contribution in [0.5, 0.6) is 0 Å². The van der Waals surface area contributed by atoms with E-state index in [0.29, 0.717) is 5.56 Å². The van der Waals surface area contributed by atoms with Gasteiger partial charge in [-0.1, -0.05) is 32.9 Å². The summed E-state index contributed by atoms with van der Waals surface area (Å²) in [5.74, 6) is -1.25. The number of carboxylic acids is 1. The molecule has 0 aliphatic carbocycles. The summed E-state index contributed by atoms with van der Waals surface area (Å²) in [6.45, 7) is 7.27. The molecule has 0 aliphatic heterocycles. The van der Waals surface area contributed by atoms with Crippen molar-refractivity contribution in [3.63, 3.8) is 0 Å². The average Bonchev–Trinajstić information content (AvgIpc) is 2.15. The molecule has 0 unspecified atom stereocenters. The second-order valence-electron chi connectivity index (χ2n) is 5.19. The van der Waals surface area contributed by atoms with Gasteiger partial charge in [0, 0.05) is 0 Å². The monoisotopic (exact) mass is 224 g/mol. The molecular weight excluding hydrogens is 207 g/mol. The lowest BCUT2D eigenvalue weighted by Gasteiger charge is -2.38. The van der Waals surface area contributed by atoms with Crippen molar-refractivity contribution in [2.24, 2.45) is 5.41 Å². The van der Waals surface area contributed by atoms with Gasteiger partial charge in [-0.25, -0.2) is 4.39 Å². The zero-order valence-electron chi connectivity index (χ0n) is 10.0. The molecule has 0 amide bonds. The normalized spacial score (nSPS) is 15.6. The number of carbonyl (C=O) groups is 1. The summed E-state index contributed by atoms with van der Waals surface area (Å²) in [5.41, 5.74) is -0.855. The van der Waals surface area contributed by atoms with Gasteiger partial charge in [0.15, 0.2) is 0 Å². The van der Waals surface area contributed by atoms with Gasteiger partial charge in [0.2, 0.25) is 0 Å². The van der Waals surface area contributed by atoms with E-state index in [0.717, 1.165) is 0 Å². The van der Waals surface area contributed by atoms with E-state index in [9.17, 15) is 14.3 Å². The van der Waals surface area contributed by atoms with Gasteiger partial charge in [-0.2, -0.15) is 0 Å². The maximum atomic E-state index is 12.8. The molecule has 1 atom stereocenters. The fraction of sp³-hybridized carbons (Fsp3) is 0.462. The van der Waals surface area contributed by atoms with Gasteiger partial charge in [-0.05, 0) is 30.0 Å². The van der Waals surface area contributed by atoms with Crippen molar-refractivity contribution < 1.29 is 14.3 Å². The minimum atomic E-state index is -1.03. The van der Waals surface area contributed by atoms with Gasteiger partial charge < -0.3 is 5.11 Å². The molecule has 0 saturated heterocycles. The molecule has 2 nitrogen and oxygen atoms in total. The highest BCUT2D eigenvalue weighted by Crippen LogP contribution is 2.41. The Kier molecular flexibility index (Phi) is 3.08. The highest BCUT2D eigenvalue weighted by Gasteiger charge is 2.45. The lowest BCUT2D eigenvalue weighted by Crippen LogP contribution is -2.44. The van der Waals surface area contributed by atoms with Crippen LogP contribution in [0.1, 0.15) is 33.3 Å². The van der Waals surface area contributed by atoms with Crippen LogP contribution in [0.15, 0.2) is 24.3 Å². The molecule has 1 N–H and O–H groups in total. The van der Waals surface area contributed by atoms with Gasteiger partial charge in [0.1, 0.15) is 5.82 Å². The number of hydrogen-bond donors (Lipinski definition) is 1. The number of carboxylic acid groups (broad SMARTS) is 1. The van der Waals surface area contributed by atoms with Crippen molar-refractivity contribution >= 4 is 5.97 Å². The Balaban J connectivity index is 3.34. The molecule has 0 heterocycles. The molecule has 0 radical (unpaired) electrons. The Morgan fingerprint density at radius 3 is 1.88 bits per heavy atom. The van der Waals surface area contributed by atoms with Gasteiger partial charge in [-0.15, -0.1) is 0 Å². The summed E-state index contributed by atoms with van der Waals surface area (Å²) < 4.78 is 12.8. The highest BCUT2D eigenvalue weighted by atomic mass is 19.1. The van der Waals surface area contributed by atoms with Crippen molar-refractivity contribution in [3.05, 3.63) is 35.6 Å². The van der Waals surface area contributed by atoms with E-state index in [1.807, 2.05) is 20.8 Å². The minimum absolute atomic E-state index is 0.356. The largest absolute Gasteiger partial charge is 0.481 e. The van der Waals surface area contributed by atoms with E-state index in [4.69, 9.17) is 0 Å². The predicted molar refractivity (Wildman–Crippen MR) is 60.8 cm³/mol. The third-order valence-corrected chi connectivity index (χ3v) is 3.35. The number of hydrogen-bond acceptors (Lipinski definition) is 1. The smallest absolute Gasteiger partial charge is 0.314 e. The summed E-state index contributed by atoms with van der Waals surface area (Å²) in [4.78, 5) is 11.5. The van der Waals surface area contributed by atoms with Gasteiger partial charge in [-0.3, -0.25) is 4.79 Å². The van der Waals surface area contributed by atoms with Crippen LogP contribution >= 0.6 is 0 Å². The van der Waals surface area contributed by atoms with Crippen LogP contribution < -0.4 is 0 Å². The maximum Gasteiger partial charge on any atom is 0.314 e. The van der Waals surface area contributed by atoms with Crippen molar-refractivity contribution in [2.75, 3.05) is 0 Å². The molecule has 0 saturated carbocycles. The van der Waals surface area contributed by atoms with Crippen LogP contribution in [0.25, 0.3) is 0 Å². The first-order valence-corrected chi connectivity index (χ1v) is 5.19. The van der Waals surface area contributed by atoms with Gasteiger partial charge in [0.05, 0.1) is 5.41 Å². The molecule has 1 aromatic rings. The minimum Gasteiger partial charge on any atom is -0.481 e. The van der Waals surface area contributed by atoms with Gasteiger partial charge in [0.25, 0.3) is 0 Å². The summed E-state index contributed by atoms with van der Waals surface area (Å²) >= 11 is 0. The van der Waals surface area contributed by atoms with Crippen LogP contribution in [0.2, 0.25) is 0 Å². The second kappa shape index (κ2) is 3.89. The van der Waals surface area contributed by atoms with Crippen molar-refractivity contribution in [1.82, 2.24) is 0 Å². The van der Waals surface area contributed by atoms with E-state index in [2.05, 4.69) is 0 Å². The number of aliphatic carboxylic acids is 1. The summed E-state index contributed by atoms with van der Waals surface area (Å²) in [5, 5.41) is 9.40. The summed E-state index contributed by atoms with van der Waals surface area (Å²) in [6.07, 6.45) is 0. The Morgan fingerprint density at radius 1 is 1.12 bits per heavy atom. The molecule has 1 aromatic carbocycles. The maximum absolute atomic E-state index is 12.8. The third kappa shape index (κ3) is 1.94. The predicted octanol–water partition coefficient (Wildman–Crippen LogP) is 3.21. The third-order valence-electron chi connectivity index (χ3n) is 3.35. The molecular formula is C13H17FO2. The molecule has 0 spiro atoms. The second-order valence-corrected chi connectivity index (χ2v) is 5.19. The topological polar surface area (TPSA) is 37.3 Å². The average molecular weight is 224 g/mol. The lowest BCUT2D eigenvalue weighted by molar-refractivity contribution is -0.147. The molecule has 0 aliphatic rings. The summed E-state index contributed by atoms with van der Waals surface area (Å²) in [6, 6.07) is 5.66. The van der Waals surface area contributed by atoms with E-state index in [1.165, 1.54) is 24.3 Å². The van der Waals surface area contributed by atoms with Crippen LogP contribution in [-0.4, -0.2) is 11.1 Å². The number of benzene rings is 1. The molecule has 16 heavy (non-hydrogen) atoms. The Bertz CT molecular complexity index is 389. The van der Waals surface area contributed by atoms with Gasteiger partial charge >= 0.3 is 5.97 Å². The van der Waals surface area contributed by atoms with Crippen molar-refractivity contribution in [2.45, 2.75) is 33.1 Å². The van der Waals surface area contributed by atoms with Crippen LogP contribution in [0.4, 0.5) is 4.39 Å². The first kappa shape index (κ1) is 12.7. The molecule has 0 aromatic heterocycles. The number of halogens is 1. The van der Waals surface area contributed by atoms with Crippen molar-refractivity contribution in [3.8, 4) is 0 Å². The first-order valence-electron chi connectivity index (χ1n) is 5.19. The van der Waals surface area contributed by atoms with E-state index in [1.54, 1.807) is 6.92 Å². The fourth-order valence-electron chi connectivity index (χ4n) is 1.66. The molecule has 0 fully saturated rings. The van der Waals surface area contributed by atoms with E-state index >= 15 is 0 Å². The van der Waals surface area contributed by atoms with E-state index in [-0.39, 0.29) is 5.82 Å². The fourth-order valence-corrected chi connectivity index (χ4v) is 1.66. The summed E-state index contributed by atoms with van der Waals surface area (Å²) in [7, 11) is 0. The standard InChI is InChI=1S/C13H17FO2/c1-12(2,3)13(4,11(15)16)9-5-7-10(14)8-6-9/h5-8H,1-4H3,(H,15,16)/t13-/m0/s1. The quantitative estimate of drug-likeness (QED) is 0.837. The van der Waals surface area contributed by atoms with Crippen LogP contribution in [0, 0.1) is 11.2 Å². The van der Waals surface area contributed by atoms with Crippen LogP contribution in [-0.2, 0) is 10.2 Å².